The molecule has 0 aliphatic heterocycles. The van der Waals surface area contributed by atoms with E-state index in [-0.39, 0.29) is 5.78 Å². The van der Waals surface area contributed by atoms with Crippen LogP contribution in [0.15, 0.2) is 53.4 Å². The second kappa shape index (κ2) is 7.36. The lowest BCUT2D eigenvalue weighted by molar-refractivity contribution is 0.101. The Labute approximate surface area is 128 Å². The van der Waals surface area contributed by atoms with Crippen LogP contribution in [0.1, 0.15) is 17.3 Å². The zero-order valence-electron chi connectivity index (χ0n) is 11.1. The molecule has 104 valence electrons. The number of rotatable bonds is 6. The van der Waals surface area contributed by atoms with Crippen molar-refractivity contribution in [1.82, 2.24) is 0 Å². The van der Waals surface area contributed by atoms with Crippen molar-refractivity contribution < 1.29 is 9.53 Å². The fourth-order valence-corrected chi connectivity index (χ4v) is 2.72. The van der Waals surface area contributed by atoms with Gasteiger partial charge in [0.1, 0.15) is 5.75 Å². The molecule has 0 saturated carbocycles. The standard InChI is InChI=1S/C16H15ClO2S/c1-2-19-16-9-8-12(17)10-14(16)15(18)11-20-13-6-4-3-5-7-13/h3-10H,2,11H2,1H3. The van der Waals surface area contributed by atoms with E-state index in [1.165, 1.54) is 11.8 Å². The fourth-order valence-electron chi connectivity index (χ4n) is 1.74. The Morgan fingerprint density at radius 1 is 1.20 bits per heavy atom. The van der Waals surface area contributed by atoms with Gasteiger partial charge in [-0.25, -0.2) is 0 Å². The van der Waals surface area contributed by atoms with Crippen LogP contribution in [0.5, 0.6) is 5.75 Å². The molecule has 0 radical (unpaired) electrons. The van der Waals surface area contributed by atoms with Crippen molar-refractivity contribution in [3.63, 3.8) is 0 Å². The molecule has 2 nitrogen and oxygen atoms in total. The molecule has 2 aromatic rings. The van der Waals surface area contributed by atoms with E-state index in [1.54, 1.807) is 18.2 Å². The van der Waals surface area contributed by atoms with Crippen molar-refractivity contribution in [3.8, 4) is 5.75 Å². The van der Waals surface area contributed by atoms with Gasteiger partial charge < -0.3 is 4.74 Å². The van der Waals surface area contributed by atoms with Gasteiger partial charge in [-0.15, -0.1) is 11.8 Å². The normalized spacial score (nSPS) is 10.3. The maximum absolute atomic E-state index is 12.3. The van der Waals surface area contributed by atoms with Crippen molar-refractivity contribution in [1.29, 1.82) is 0 Å². The van der Waals surface area contributed by atoms with Crippen LogP contribution >= 0.6 is 23.4 Å². The fraction of sp³-hybridized carbons (Fsp3) is 0.188. The average Bonchev–Trinajstić information content (AvgIpc) is 2.48. The lowest BCUT2D eigenvalue weighted by Crippen LogP contribution is -2.06. The topological polar surface area (TPSA) is 26.3 Å². The Hall–Kier alpha value is -1.45. The van der Waals surface area contributed by atoms with Gasteiger partial charge in [-0.05, 0) is 37.3 Å². The summed E-state index contributed by atoms with van der Waals surface area (Å²) in [5.74, 6) is 0.977. The Morgan fingerprint density at radius 2 is 1.95 bits per heavy atom. The molecule has 20 heavy (non-hydrogen) atoms. The van der Waals surface area contributed by atoms with Gasteiger partial charge in [0.2, 0.25) is 0 Å². The zero-order chi connectivity index (χ0) is 14.4. The summed E-state index contributed by atoms with van der Waals surface area (Å²) in [4.78, 5) is 13.4. The highest BCUT2D eigenvalue weighted by Gasteiger charge is 2.13. The van der Waals surface area contributed by atoms with Gasteiger partial charge >= 0.3 is 0 Å². The van der Waals surface area contributed by atoms with E-state index >= 15 is 0 Å². The van der Waals surface area contributed by atoms with Gasteiger partial charge in [0.05, 0.1) is 17.9 Å². The van der Waals surface area contributed by atoms with Crippen LogP contribution in [0.2, 0.25) is 5.02 Å². The number of carbonyl (C=O) groups is 1. The molecule has 0 aliphatic rings. The summed E-state index contributed by atoms with van der Waals surface area (Å²) in [6, 6.07) is 15.0. The first-order valence-corrected chi connectivity index (χ1v) is 7.70. The molecule has 0 saturated heterocycles. The summed E-state index contributed by atoms with van der Waals surface area (Å²) in [6.45, 7) is 2.41. The van der Waals surface area contributed by atoms with Gasteiger partial charge in [-0.1, -0.05) is 29.8 Å². The average molecular weight is 307 g/mol. The van der Waals surface area contributed by atoms with Crippen molar-refractivity contribution >= 4 is 29.1 Å². The molecular weight excluding hydrogens is 292 g/mol. The number of carbonyl (C=O) groups excluding carboxylic acids is 1. The molecule has 0 amide bonds. The molecule has 0 atom stereocenters. The SMILES string of the molecule is CCOc1ccc(Cl)cc1C(=O)CSc1ccccc1. The summed E-state index contributed by atoms with van der Waals surface area (Å²) >= 11 is 7.47. The van der Waals surface area contributed by atoms with E-state index < -0.39 is 0 Å². The first-order chi connectivity index (χ1) is 9.70. The Balaban J connectivity index is 2.10. The second-order valence-corrected chi connectivity index (χ2v) is 5.58. The Bertz CT molecular complexity index is 584. The van der Waals surface area contributed by atoms with E-state index in [2.05, 4.69) is 0 Å². The molecule has 0 spiro atoms. The smallest absolute Gasteiger partial charge is 0.176 e. The van der Waals surface area contributed by atoms with Crippen LogP contribution < -0.4 is 4.74 Å². The molecule has 0 fully saturated rings. The summed E-state index contributed by atoms with van der Waals surface area (Å²) in [6.07, 6.45) is 0. The van der Waals surface area contributed by atoms with Crippen molar-refractivity contribution in [2.24, 2.45) is 0 Å². The zero-order valence-corrected chi connectivity index (χ0v) is 12.7. The number of benzene rings is 2. The van der Waals surface area contributed by atoms with Crippen LogP contribution in [0, 0.1) is 0 Å². The summed E-state index contributed by atoms with van der Waals surface area (Å²) in [5.41, 5.74) is 0.544. The minimum Gasteiger partial charge on any atom is -0.493 e. The van der Waals surface area contributed by atoms with Crippen molar-refractivity contribution in [2.75, 3.05) is 12.4 Å². The predicted octanol–water partition coefficient (Wildman–Crippen LogP) is 4.71. The minimum absolute atomic E-state index is 0.0183. The lowest BCUT2D eigenvalue weighted by Gasteiger charge is -2.09. The number of thioether (sulfide) groups is 1. The van der Waals surface area contributed by atoms with E-state index in [0.717, 1.165) is 4.90 Å². The molecule has 2 aromatic carbocycles. The quantitative estimate of drug-likeness (QED) is 0.571. The summed E-state index contributed by atoms with van der Waals surface area (Å²) in [5, 5.41) is 0.543. The molecule has 0 heterocycles. The number of Topliss-reactive ketones (excluding diaryl/α,β-unsaturated/α-hetero) is 1. The molecule has 2 rings (SSSR count). The highest BCUT2D eigenvalue weighted by atomic mass is 35.5. The Morgan fingerprint density at radius 3 is 2.65 bits per heavy atom. The third kappa shape index (κ3) is 4.02. The highest BCUT2D eigenvalue weighted by molar-refractivity contribution is 8.00. The second-order valence-electron chi connectivity index (χ2n) is 4.10. The number of ketones is 1. The molecule has 0 bridgehead atoms. The molecular formula is C16H15ClO2S. The number of ether oxygens (including phenoxy) is 1. The third-order valence-electron chi connectivity index (χ3n) is 2.65. The molecule has 0 aromatic heterocycles. The maximum Gasteiger partial charge on any atom is 0.176 e. The van der Waals surface area contributed by atoms with E-state index in [1.807, 2.05) is 37.3 Å². The van der Waals surface area contributed by atoms with E-state index in [0.29, 0.717) is 28.7 Å². The molecule has 0 aliphatic carbocycles. The van der Waals surface area contributed by atoms with Crippen LogP contribution in [-0.2, 0) is 0 Å². The van der Waals surface area contributed by atoms with E-state index in [9.17, 15) is 4.79 Å². The Kier molecular flexibility index (Phi) is 5.50. The summed E-state index contributed by atoms with van der Waals surface area (Å²) < 4.78 is 5.48. The van der Waals surface area contributed by atoms with Gasteiger partial charge in [-0.2, -0.15) is 0 Å². The lowest BCUT2D eigenvalue weighted by atomic mass is 10.1. The first-order valence-electron chi connectivity index (χ1n) is 6.34. The van der Waals surface area contributed by atoms with Crippen molar-refractivity contribution in [3.05, 3.63) is 59.1 Å². The van der Waals surface area contributed by atoms with Gasteiger partial charge in [0.25, 0.3) is 0 Å². The maximum atomic E-state index is 12.3. The monoisotopic (exact) mass is 306 g/mol. The van der Waals surface area contributed by atoms with Crippen molar-refractivity contribution in [2.45, 2.75) is 11.8 Å². The summed E-state index contributed by atoms with van der Waals surface area (Å²) in [7, 11) is 0. The predicted molar refractivity (Wildman–Crippen MR) is 84.1 cm³/mol. The van der Waals surface area contributed by atoms with Crippen LogP contribution in [0.25, 0.3) is 0 Å². The number of hydrogen-bond acceptors (Lipinski definition) is 3. The molecule has 0 unspecified atom stereocenters. The third-order valence-corrected chi connectivity index (χ3v) is 3.90. The first kappa shape index (κ1) is 14.9. The highest BCUT2D eigenvalue weighted by Crippen LogP contribution is 2.26. The largest absolute Gasteiger partial charge is 0.493 e. The van der Waals surface area contributed by atoms with Crippen LogP contribution in [0.4, 0.5) is 0 Å². The van der Waals surface area contributed by atoms with Crippen LogP contribution in [-0.4, -0.2) is 18.1 Å². The van der Waals surface area contributed by atoms with Crippen LogP contribution in [0.3, 0.4) is 0 Å². The molecule has 0 N–H and O–H groups in total. The van der Waals surface area contributed by atoms with Gasteiger partial charge in [0.15, 0.2) is 5.78 Å². The number of hydrogen-bond donors (Lipinski definition) is 0. The van der Waals surface area contributed by atoms with E-state index in [4.69, 9.17) is 16.3 Å². The number of halogens is 1. The minimum atomic E-state index is 0.0183. The van der Waals surface area contributed by atoms with Gasteiger partial charge in [0, 0.05) is 9.92 Å². The van der Waals surface area contributed by atoms with Gasteiger partial charge in [-0.3, -0.25) is 4.79 Å². The molecule has 4 heteroatoms.